The molecule has 0 aliphatic carbocycles. The first kappa shape index (κ1) is 14.5. The predicted octanol–water partition coefficient (Wildman–Crippen LogP) is 3.39. The zero-order valence-corrected chi connectivity index (χ0v) is 10.9. The molecule has 0 spiro atoms. The van der Waals surface area contributed by atoms with Crippen LogP contribution >= 0.6 is 0 Å². The molecule has 3 nitrogen and oxygen atoms in total. The van der Waals surface area contributed by atoms with Crippen LogP contribution in [0.2, 0.25) is 0 Å². The molecule has 0 aromatic heterocycles. The van der Waals surface area contributed by atoms with Gasteiger partial charge in [-0.2, -0.15) is 0 Å². The lowest BCUT2D eigenvalue weighted by atomic mass is 10.00. The number of carboxylic acid groups (broad SMARTS) is 1. The quantitative estimate of drug-likeness (QED) is 0.547. The van der Waals surface area contributed by atoms with Crippen molar-refractivity contribution in [1.29, 1.82) is 0 Å². The summed E-state index contributed by atoms with van der Waals surface area (Å²) in [6.45, 7) is 6.81. The van der Waals surface area contributed by atoms with Gasteiger partial charge in [0.15, 0.2) is 0 Å². The fourth-order valence-electron chi connectivity index (χ4n) is 1.92. The van der Waals surface area contributed by atoms with Gasteiger partial charge in [-0.05, 0) is 24.6 Å². The standard InChI is InChI=1S/C15H21NO2/c1-3-5-8-11-16-14(4-2)12-9-6-7-10-13(12)15(17)18/h4,6-7,9-10,14,16H,2-3,5,8,11H2,1H3,(H,17,18). The Kier molecular flexibility index (Phi) is 6.15. The van der Waals surface area contributed by atoms with Gasteiger partial charge in [0.2, 0.25) is 0 Å². The third kappa shape index (κ3) is 4.00. The molecule has 0 bridgehead atoms. The Morgan fingerprint density at radius 1 is 1.44 bits per heavy atom. The lowest BCUT2D eigenvalue weighted by molar-refractivity contribution is 0.0695. The van der Waals surface area contributed by atoms with Crippen LogP contribution in [0.25, 0.3) is 0 Å². The summed E-state index contributed by atoms with van der Waals surface area (Å²) in [5.41, 5.74) is 1.11. The summed E-state index contributed by atoms with van der Waals surface area (Å²) in [4.78, 5) is 11.2. The summed E-state index contributed by atoms with van der Waals surface area (Å²) in [5.74, 6) is -0.896. The van der Waals surface area contributed by atoms with Crippen molar-refractivity contribution in [3.63, 3.8) is 0 Å². The van der Waals surface area contributed by atoms with Gasteiger partial charge in [-0.25, -0.2) is 4.79 Å². The highest BCUT2D eigenvalue weighted by Gasteiger charge is 2.15. The summed E-state index contributed by atoms with van der Waals surface area (Å²) in [5, 5.41) is 12.5. The molecule has 0 amide bonds. The SMILES string of the molecule is C=CC(NCCCCC)c1ccccc1C(=O)O. The third-order valence-corrected chi connectivity index (χ3v) is 2.91. The summed E-state index contributed by atoms with van der Waals surface area (Å²) in [6, 6.07) is 6.95. The van der Waals surface area contributed by atoms with Gasteiger partial charge in [0.05, 0.1) is 11.6 Å². The second kappa shape index (κ2) is 7.67. The van der Waals surface area contributed by atoms with Crippen molar-refractivity contribution in [2.75, 3.05) is 6.54 Å². The Hall–Kier alpha value is -1.61. The zero-order valence-electron chi connectivity index (χ0n) is 10.9. The number of hydrogen-bond donors (Lipinski definition) is 2. The first-order chi connectivity index (χ1) is 8.70. The number of carbonyl (C=O) groups is 1. The Morgan fingerprint density at radius 2 is 2.17 bits per heavy atom. The molecule has 3 heteroatoms. The van der Waals surface area contributed by atoms with Crippen LogP contribution in [0.15, 0.2) is 36.9 Å². The van der Waals surface area contributed by atoms with E-state index in [2.05, 4.69) is 18.8 Å². The molecule has 1 atom stereocenters. The molecule has 98 valence electrons. The van der Waals surface area contributed by atoms with Crippen LogP contribution in [-0.4, -0.2) is 17.6 Å². The molecule has 0 saturated carbocycles. The maximum absolute atomic E-state index is 11.2. The average Bonchev–Trinajstić information content (AvgIpc) is 2.39. The summed E-state index contributed by atoms with van der Waals surface area (Å²) < 4.78 is 0. The van der Waals surface area contributed by atoms with Gasteiger partial charge in [-0.3, -0.25) is 0 Å². The summed E-state index contributed by atoms with van der Waals surface area (Å²) >= 11 is 0. The topological polar surface area (TPSA) is 49.3 Å². The predicted molar refractivity (Wildman–Crippen MR) is 73.9 cm³/mol. The van der Waals surface area contributed by atoms with E-state index in [1.165, 1.54) is 12.8 Å². The second-order valence-corrected chi connectivity index (χ2v) is 4.27. The van der Waals surface area contributed by atoms with E-state index in [1.54, 1.807) is 18.2 Å². The van der Waals surface area contributed by atoms with E-state index in [-0.39, 0.29) is 6.04 Å². The van der Waals surface area contributed by atoms with Gasteiger partial charge >= 0.3 is 5.97 Å². The van der Waals surface area contributed by atoms with E-state index in [1.807, 2.05) is 12.1 Å². The van der Waals surface area contributed by atoms with Crippen LogP contribution in [0.4, 0.5) is 0 Å². The monoisotopic (exact) mass is 247 g/mol. The highest BCUT2D eigenvalue weighted by atomic mass is 16.4. The van der Waals surface area contributed by atoms with Crippen LogP contribution in [0.3, 0.4) is 0 Å². The largest absolute Gasteiger partial charge is 0.478 e. The van der Waals surface area contributed by atoms with E-state index in [0.717, 1.165) is 18.5 Å². The van der Waals surface area contributed by atoms with Crippen LogP contribution in [0.5, 0.6) is 0 Å². The van der Waals surface area contributed by atoms with Gasteiger partial charge in [0.1, 0.15) is 0 Å². The minimum absolute atomic E-state index is 0.103. The van der Waals surface area contributed by atoms with Gasteiger partial charge in [0.25, 0.3) is 0 Å². The molecule has 0 aliphatic heterocycles. The Balaban J connectivity index is 2.75. The van der Waals surface area contributed by atoms with E-state index < -0.39 is 5.97 Å². The first-order valence-electron chi connectivity index (χ1n) is 6.38. The summed E-state index contributed by atoms with van der Waals surface area (Å²) in [6.07, 6.45) is 5.20. The zero-order chi connectivity index (χ0) is 13.4. The average molecular weight is 247 g/mol. The van der Waals surface area contributed by atoms with Crippen molar-refractivity contribution in [2.24, 2.45) is 0 Å². The lowest BCUT2D eigenvalue weighted by Gasteiger charge is -2.17. The molecule has 1 unspecified atom stereocenters. The smallest absolute Gasteiger partial charge is 0.336 e. The molecular formula is C15H21NO2. The molecular weight excluding hydrogens is 226 g/mol. The molecule has 1 rings (SSSR count). The maximum Gasteiger partial charge on any atom is 0.336 e. The van der Waals surface area contributed by atoms with Crippen molar-refractivity contribution in [2.45, 2.75) is 32.2 Å². The molecule has 0 heterocycles. The highest BCUT2D eigenvalue weighted by Crippen LogP contribution is 2.19. The minimum atomic E-state index is -0.896. The highest BCUT2D eigenvalue weighted by molar-refractivity contribution is 5.89. The number of rotatable bonds is 8. The Bertz CT molecular complexity index is 401. The van der Waals surface area contributed by atoms with Crippen LogP contribution in [0.1, 0.15) is 48.1 Å². The maximum atomic E-state index is 11.2. The lowest BCUT2D eigenvalue weighted by Crippen LogP contribution is -2.22. The van der Waals surface area contributed by atoms with Crippen LogP contribution in [0, 0.1) is 0 Å². The Labute approximate surface area is 109 Å². The van der Waals surface area contributed by atoms with Crippen molar-refractivity contribution < 1.29 is 9.90 Å². The van der Waals surface area contributed by atoms with Crippen LogP contribution in [-0.2, 0) is 0 Å². The van der Waals surface area contributed by atoms with E-state index >= 15 is 0 Å². The number of hydrogen-bond acceptors (Lipinski definition) is 2. The fourth-order valence-corrected chi connectivity index (χ4v) is 1.92. The second-order valence-electron chi connectivity index (χ2n) is 4.27. The number of unbranched alkanes of at least 4 members (excludes halogenated alkanes) is 2. The van der Waals surface area contributed by atoms with E-state index in [9.17, 15) is 4.79 Å². The van der Waals surface area contributed by atoms with Gasteiger partial charge < -0.3 is 10.4 Å². The number of aromatic carboxylic acids is 1. The molecule has 1 aromatic carbocycles. The minimum Gasteiger partial charge on any atom is -0.478 e. The summed E-state index contributed by atoms with van der Waals surface area (Å²) in [7, 11) is 0. The fraction of sp³-hybridized carbons (Fsp3) is 0.400. The first-order valence-corrected chi connectivity index (χ1v) is 6.38. The van der Waals surface area contributed by atoms with Crippen LogP contribution < -0.4 is 5.32 Å². The number of benzene rings is 1. The molecule has 0 saturated heterocycles. The Morgan fingerprint density at radius 3 is 2.78 bits per heavy atom. The molecule has 0 aliphatic rings. The van der Waals surface area contributed by atoms with Crippen molar-refractivity contribution >= 4 is 5.97 Å². The van der Waals surface area contributed by atoms with E-state index in [0.29, 0.717) is 5.56 Å². The van der Waals surface area contributed by atoms with Gasteiger partial charge in [-0.15, -0.1) is 6.58 Å². The van der Waals surface area contributed by atoms with Crippen molar-refractivity contribution in [3.05, 3.63) is 48.0 Å². The number of carboxylic acids is 1. The molecule has 0 radical (unpaired) electrons. The third-order valence-electron chi connectivity index (χ3n) is 2.91. The van der Waals surface area contributed by atoms with E-state index in [4.69, 9.17) is 5.11 Å². The van der Waals surface area contributed by atoms with Crippen molar-refractivity contribution in [3.8, 4) is 0 Å². The normalized spacial score (nSPS) is 12.1. The molecule has 1 aromatic rings. The molecule has 2 N–H and O–H groups in total. The van der Waals surface area contributed by atoms with Gasteiger partial charge in [-0.1, -0.05) is 44.0 Å². The molecule has 0 fully saturated rings. The van der Waals surface area contributed by atoms with Crippen molar-refractivity contribution in [1.82, 2.24) is 5.32 Å². The van der Waals surface area contributed by atoms with Gasteiger partial charge in [0, 0.05) is 0 Å². The molecule has 18 heavy (non-hydrogen) atoms. The number of nitrogens with one attached hydrogen (secondary N) is 1.